The molecule has 140 valence electrons. The molecule has 0 spiro atoms. The number of esters is 1. The van der Waals surface area contributed by atoms with Crippen molar-refractivity contribution in [3.63, 3.8) is 0 Å². The molecule has 0 bridgehead atoms. The number of nitrogens with two attached hydrogens (primary N) is 1. The monoisotopic (exact) mass is 385 g/mol. The van der Waals surface area contributed by atoms with Crippen LogP contribution in [0.2, 0.25) is 0 Å². The molecule has 27 heavy (non-hydrogen) atoms. The van der Waals surface area contributed by atoms with E-state index in [2.05, 4.69) is 10.5 Å². The Kier molecular flexibility index (Phi) is 5.56. The molecule has 0 aliphatic carbocycles. The Hall–Kier alpha value is -3.13. The topological polar surface area (TPSA) is 95.2 Å². The summed E-state index contributed by atoms with van der Waals surface area (Å²) >= 11 is 4.83. The van der Waals surface area contributed by atoms with Crippen LogP contribution in [0, 0.1) is 0 Å². The van der Waals surface area contributed by atoms with Crippen molar-refractivity contribution in [2.75, 3.05) is 14.2 Å². The summed E-state index contributed by atoms with van der Waals surface area (Å²) in [4.78, 5) is 12.5. The summed E-state index contributed by atoms with van der Waals surface area (Å²) < 4.78 is 16.2. The van der Waals surface area contributed by atoms with Gasteiger partial charge in [0.25, 0.3) is 0 Å². The van der Waals surface area contributed by atoms with Crippen LogP contribution in [0.15, 0.2) is 47.6 Å². The van der Waals surface area contributed by atoms with Gasteiger partial charge in [0.2, 0.25) is 0 Å². The second-order valence-corrected chi connectivity index (χ2v) is 6.20. The molecule has 0 fully saturated rings. The highest BCUT2D eigenvalue weighted by atomic mass is 32.1. The third-order valence-corrected chi connectivity index (χ3v) is 4.26. The third-order valence-electron chi connectivity index (χ3n) is 4.16. The number of fused-ring (bicyclic) bond motifs is 1. The second-order valence-electron chi connectivity index (χ2n) is 5.76. The highest BCUT2D eigenvalue weighted by Crippen LogP contribution is 2.43. The number of carbonyl (C=O) groups is 1. The molecule has 8 heteroatoms. The zero-order valence-corrected chi connectivity index (χ0v) is 15.7. The normalized spacial score (nSPS) is 15.7. The molecule has 0 saturated heterocycles. The molecular formula is C19H19N3O4S. The van der Waals surface area contributed by atoms with E-state index < -0.39 is 12.1 Å². The van der Waals surface area contributed by atoms with Crippen LogP contribution in [-0.2, 0) is 4.74 Å². The minimum atomic E-state index is -0.514. The average molecular weight is 385 g/mol. The van der Waals surface area contributed by atoms with E-state index in [1.54, 1.807) is 12.1 Å². The van der Waals surface area contributed by atoms with Crippen LogP contribution in [0.1, 0.15) is 34.0 Å². The van der Waals surface area contributed by atoms with Crippen molar-refractivity contribution in [2.45, 2.75) is 12.5 Å². The lowest BCUT2D eigenvalue weighted by Gasteiger charge is -2.14. The molecule has 3 rings (SSSR count). The quantitative estimate of drug-likeness (QED) is 0.341. The lowest BCUT2D eigenvalue weighted by Crippen LogP contribution is -2.26. The average Bonchev–Trinajstić information content (AvgIpc) is 3.00. The number of nitrogens with zero attached hydrogens (tertiary/aromatic N) is 1. The van der Waals surface area contributed by atoms with Crippen LogP contribution in [-0.4, -0.2) is 31.0 Å². The van der Waals surface area contributed by atoms with Crippen LogP contribution in [0.25, 0.3) is 0 Å². The molecule has 0 amide bonds. The lowest BCUT2D eigenvalue weighted by molar-refractivity contribution is 0.0398. The predicted molar refractivity (Wildman–Crippen MR) is 105 cm³/mol. The Morgan fingerprint density at radius 1 is 1.22 bits per heavy atom. The molecule has 1 heterocycles. The number of hydrazone groups is 1. The summed E-state index contributed by atoms with van der Waals surface area (Å²) in [7, 11) is 3.01. The van der Waals surface area contributed by atoms with Gasteiger partial charge in [-0.3, -0.25) is 5.43 Å². The van der Waals surface area contributed by atoms with Crippen molar-refractivity contribution in [3.05, 3.63) is 59.2 Å². The Morgan fingerprint density at radius 2 is 1.96 bits per heavy atom. The molecule has 1 aliphatic rings. The van der Waals surface area contributed by atoms with E-state index in [0.29, 0.717) is 29.2 Å². The van der Waals surface area contributed by atoms with Gasteiger partial charge < -0.3 is 19.9 Å². The largest absolute Gasteiger partial charge is 0.493 e. The fourth-order valence-electron chi connectivity index (χ4n) is 2.98. The fraction of sp³-hybridized carbons (Fsp3) is 0.211. The maximum absolute atomic E-state index is 12.5. The molecule has 1 atom stereocenters. The van der Waals surface area contributed by atoms with Crippen molar-refractivity contribution in [3.8, 4) is 11.5 Å². The van der Waals surface area contributed by atoms with Gasteiger partial charge in [-0.25, -0.2) is 4.79 Å². The molecule has 1 aliphatic heterocycles. The van der Waals surface area contributed by atoms with Gasteiger partial charge in [-0.1, -0.05) is 36.4 Å². The SMILES string of the molecule is COc1ccc2c(c1OC)C(=O)O[C@@H]2C/C(=N\NC(N)=S)c1ccccc1. The van der Waals surface area contributed by atoms with Gasteiger partial charge in [-0.2, -0.15) is 5.10 Å². The number of carbonyl (C=O) groups excluding carboxylic acids is 1. The Bertz CT molecular complexity index is 899. The Labute approximate surface area is 162 Å². The number of hydrogen-bond donors (Lipinski definition) is 2. The number of rotatable bonds is 6. The second kappa shape index (κ2) is 8.05. The first-order valence-electron chi connectivity index (χ1n) is 8.18. The first-order valence-corrected chi connectivity index (χ1v) is 8.59. The minimum Gasteiger partial charge on any atom is -0.493 e. The molecule has 0 saturated carbocycles. The molecule has 0 radical (unpaired) electrons. The van der Waals surface area contributed by atoms with E-state index in [0.717, 1.165) is 11.1 Å². The number of hydrogen-bond acceptors (Lipinski definition) is 6. The number of thiocarbonyl (C=S) groups is 1. The fourth-order valence-corrected chi connectivity index (χ4v) is 3.03. The minimum absolute atomic E-state index is 0.0543. The molecule has 0 aromatic heterocycles. The van der Waals surface area contributed by atoms with Crippen molar-refractivity contribution in [1.82, 2.24) is 5.43 Å². The van der Waals surface area contributed by atoms with Crippen LogP contribution < -0.4 is 20.6 Å². The Balaban J connectivity index is 1.97. The van der Waals surface area contributed by atoms with E-state index in [4.69, 9.17) is 32.2 Å². The highest BCUT2D eigenvalue weighted by molar-refractivity contribution is 7.80. The summed E-state index contributed by atoms with van der Waals surface area (Å²) in [6, 6.07) is 13.1. The number of methoxy groups -OCH3 is 2. The van der Waals surface area contributed by atoms with E-state index in [1.807, 2.05) is 30.3 Å². The number of nitrogens with one attached hydrogen (secondary N) is 1. The summed E-state index contributed by atoms with van der Waals surface area (Å²) in [6.45, 7) is 0. The molecule has 2 aromatic carbocycles. The van der Waals surface area contributed by atoms with Crippen LogP contribution in [0.3, 0.4) is 0 Å². The maximum atomic E-state index is 12.5. The zero-order valence-electron chi connectivity index (χ0n) is 14.9. The predicted octanol–water partition coefficient (Wildman–Crippen LogP) is 2.54. The van der Waals surface area contributed by atoms with Gasteiger partial charge in [0, 0.05) is 12.0 Å². The van der Waals surface area contributed by atoms with E-state index >= 15 is 0 Å². The molecule has 7 nitrogen and oxygen atoms in total. The van der Waals surface area contributed by atoms with Gasteiger partial charge >= 0.3 is 5.97 Å². The summed E-state index contributed by atoms with van der Waals surface area (Å²) in [5.74, 6) is 0.378. The summed E-state index contributed by atoms with van der Waals surface area (Å²) in [6.07, 6.45) is -0.173. The van der Waals surface area contributed by atoms with E-state index in [9.17, 15) is 4.79 Å². The first-order chi connectivity index (χ1) is 13.0. The number of cyclic esters (lactones) is 1. The molecule has 0 unspecified atom stereocenters. The van der Waals surface area contributed by atoms with Gasteiger partial charge in [-0.15, -0.1) is 0 Å². The van der Waals surface area contributed by atoms with Gasteiger partial charge in [0.15, 0.2) is 16.6 Å². The summed E-state index contributed by atoms with van der Waals surface area (Å²) in [5, 5.41) is 4.34. The smallest absolute Gasteiger partial charge is 0.343 e. The summed E-state index contributed by atoms with van der Waals surface area (Å²) in [5.41, 5.74) is 10.7. The van der Waals surface area contributed by atoms with Crippen molar-refractivity contribution >= 4 is 29.0 Å². The van der Waals surface area contributed by atoms with Crippen molar-refractivity contribution in [1.29, 1.82) is 0 Å². The van der Waals surface area contributed by atoms with E-state index in [-0.39, 0.29) is 5.11 Å². The Morgan fingerprint density at radius 3 is 2.59 bits per heavy atom. The number of ether oxygens (including phenoxy) is 3. The molecular weight excluding hydrogens is 366 g/mol. The van der Waals surface area contributed by atoms with E-state index in [1.165, 1.54) is 14.2 Å². The highest BCUT2D eigenvalue weighted by Gasteiger charge is 2.36. The van der Waals surface area contributed by atoms with Crippen molar-refractivity contribution < 1.29 is 19.0 Å². The maximum Gasteiger partial charge on any atom is 0.343 e. The molecule has 2 aromatic rings. The molecule has 3 N–H and O–H groups in total. The lowest BCUT2D eigenvalue weighted by atomic mass is 9.97. The van der Waals surface area contributed by atoms with Crippen LogP contribution in [0.5, 0.6) is 11.5 Å². The van der Waals surface area contributed by atoms with Crippen LogP contribution >= 0.6 is 12.2 Å². The zero-order chi connectivity index (χ0) is 19.4. The van der Waals surface area contributed by atoms with Gasteiger partial charge in [0.05, 0.1) is 19.9 Å². The van der Waals surface area contributed by atoms with Crippen molar-refractivity contribution in [2.24, 2.45) is 10.8 Å². The van der Waals surface area contributed by atoms with Gasteiger partial charge in [0.1, 0.15) is 11.7 Å². The van der Waals surface area contributed by atoms with Crippen LogP contribution in [0.4, 0.5) is 0 Å². The standard InChI is InChI=1S/C19H19N3O4S/c1-24-14-9-8-12-15(26-18(23)16(12)17(14)25-2)10-13(21-22-19(20)27)11-6-4-3-5-7-11/h3-9,15H,10H2,1-2H3,(H3,20,22,27)/b21-13+/t15-/m1/s1. The van der Waals surface area contributed by atoms with Gasteiger partial charge in [-0.05, 0) is 23.8 Å². The third kappa shape index (κ3) is 3.85. The first kappa shape index (κ1) is 18.7. The number of benzene rings is 2.